The van der Waals surface area contributed by atoms with Crippen LogP contribution >= 0.6 is 35.3 Å². The Morgan fingerprint density at radius 3 is 2.47 bits per heavy atom. The van der Waals surface area contributed by atoms with E-state index in [1.54, 1.807) is 28.5 Å². The van der Waals surface area contributed by atoms with Crippen LogP contribution in [0.3, 0.4) is 0 Å². The van der Waals surface area contributed by atoms with Gasteiger partial charge in [0.2, 0.25) is 0 Å². The Morgan fingerprint density at radius 2 is 1.79 bits per heavy atom. The van der Waals surface area contributed by atoms with Gasteiger partial charge in [0.25, 0.3) is 11.5 Å². The SMILES string of the molecule is CCN1C(=O)C(=c2sc(=C3Sc4ccc(OC)cc4N3C)c(=O)n2C)N(c2ccccc2)C1=S. The van der Waals surface area contributed by atoms with Gasteiger partial charge in [0, 0.05) is 37.3 Å². The van der Waals surface area contributed by atoms with Gasteiger partial charge >= 0.3 is 0 Å². The highest BCUT2D eigenvalue weighted by Crippen LogP contribution is 2.46. The molecule has 2 aliphatic heterocycles. The first-order valence-corrected chi connectivity index (χ1v) is 12.7. The number of anilines is 2. The first kappa shape index (κ1) is 22.7. The summed E-state index contributed by atoms with van der Waals surface area (Å²) in [6.07, 6.45) is 0. The molecule has 3 aromatic rings. The number of fused-ring (bicyclic) bond motifs is 1. The van der Waals surface area contributed by atoms with Gasteiger partial charge in [0.1, 0.15) is 25.7 Å². The van der Waals surface area contributed by atoms with Gasteiger partial charge in [0.05, 0.1) is 12.8 Å². The van der Waals surface area contributed by atoms with Crippen molar-refractivity contribution in [3.63, 3.8) is 0 Å². The van der Waals surface area contributed by atoms with Crippen LogP contribution in [0, 0.1) is 0 Å². The lowest BCUT2D eigenvalue weighted by Crippen LogP contribution is -2.34. The zero-order chi connectivity index (χ0) is 24.1. The van der Waals surface area contributed by atoms with E-state index in [2.05, 4.69) is 0 Å². The highest BCUT2D eigenvalue weighted by atomic mass is 32.2. The number of benzene rings is 2. The number of thiazole rings is 1. The molecule has 1 saturated heterocycles. The van der Waals surface area contributed by atoms with Gasteiger partial charge in [-0.2, -0.15) is 0 Å². The van der Waals surface area contributed by atoms with Crippen LogP contribution in [0.2, 0.25) is 0 Å². The Kier molecular flexibility index (Phi) is 5.75. The second-order valence-electron chi connectivity index (χ2n) is 7.75. The van der Waals surface area contributed by atoms with E-state index in [1.807, 2.05) is 67.4 Å². The number of ether oxygens (including phenoxy) is 1. The molecule has 1 amide bonds. The Hall–Kier alpha value is -3.08. The van der Waals surface area contributed by atoms with E-state index < -0.39 is 0 Å². The van der Waals surface area contributed by atoms with E-state index in [0.717, 1.165) is 27.0 Å². The van der Waals surface area contributed by atoms with Crippen molar-refractivity contribution >= 4 is 68.4 Å². The number of thiocarbonyl (C=S) groups is 1. The molecular weight excluding hydrogens is 488 g/mol. The summed E-state index contributed by atoms with van der Waals surface area (Å²) in [5.74, 6) is 0.552. The molecule has 1 fully saturated rings. The molecule has 0 saturated carbocycles. The minimum atomic E-state index is -0.204. The zero-order valence-electron chi connectivity index (χ0n) is 19.1. The zero-order valence-corrected chi connectivity index (χ0v) is 21.5. The highest BCUT2D eigenvalue weighted by Gasteiger charge is 2.40. The lowest BCUT2D eigenvalue weighted by Gasteiger charge is -2.19. The maximum absolute atomic E-state index is 13.5. The second-order valence-corrected chi connectivity index (χ2v) is 10.1. The van der Waals surface area contributed by atoms with Crippen molar-refractivity contribution in [3.8, 4) is 5.75 Å². The normalized spacial score (nSPS) is 18.8. The third-order valence-corrected chi connectivity index (χ3v) is 8.86. The summed E-state index contributed by atoms with van der Waals surface area (Å²) in [7, 11) is 5.27. The average Bonchev–Trinajstić information content (AvgIpc) is 3.42. The number of aromatic nitrogens is 1. The van der Waals surface area contributed by atoms with Crippen LogP contribution in [0.15, 0.2) is 58.2 Å². The van der Waals surface area contributed by atoms with E-state index in [9.17, 15) is 9.59 Å². The molecule has 1 aromatic heterocycles. The number of rotatable bonds is 3. The number of thioether (sulfide) groups is 1. The molecule has 0 aliphatic carbocycles. The van der Waals surface area contributed by atoms with E-state index in [4.69, 9.17) is 17.0 Å². The van der Waals surface area contributed by atoms with Crippen LogP contribution in [0.4, 0.5) is 11.4 Å². The van der Waals surface area contributed by atoms with Crippen molar-refractivity contribution in [2.24, 2.45) is 7.05 Å². The Labute approximate surface area is 210 Å². The van der Waals surface area contributed by atoms with Crippen LogP contribution in [-0.4, -0.2) is 41.2 Å². The number of para-hydroxylation sites is 1. The van der Waals surface area contributed by atoms with Crippen LogP contribution in [0.25, 0.3) is 10.7 Å². The van der Waals surface area contributed by atoms with Crippen LogP contribution in [-0.2, 0) is 11.8 Å². The fourth-order valence-electron chi connectivity index (χ4n) is 4.06. The van der Waals surface area contributed by atoms with E-state index in [-0.39, 0.29) is 11.5 Å². The molecule has 0 radical (unpaired) electrons. The summed E-state index contributed by atoms with van der Waals surface area (Å²) < 4.78 is 8.07. The van der Waals surface area contributed by atoms with E-state index in [0.29, 0.717) is 26.5 Å². The molecule has 34 heavy (non-hydrogen) atoms. The minimum Gasteiger partial charge on any atom is -0.497 e. The number of amides is 1. The maximum Gasteiger partial charge on any atom is 0.280 e. The monoisotopic (exact) mass is 510 g/mol. The first-order valence-electron chi connectivity index (χ1n) is 10.6. The van der Waals surface area contributed by atoms with Gasteiger partial charge in [0.15, 0.2) is 5.11 Å². The third-order valence-electron chi connectivity index (χ3n) is 5.86. The van der Waals surface area contributed by atoms with E-state index in [1.165, 1.54) is 23.1 Å². The van der Waals surface area contributed by atoms with Gasteiger partial charge in [-0.05, 0) is 43.4 Å². The van der Waals surface area contributed by atoms with Crippen LogP contribution in [0.1, 0.15) is 6.92 Å². The van der Waals surface area contributed by atoms with Gasteiger partial charge in [-0.3, -0.25) is 19.4 Å². The number of carbonyl (C=O) groups is 1. The molecule has 0 bridgehead atoms. The van der Waals surface area contributed by atoms with E-state index >= 15 is 0 Å². The van der Waals surface area contributed by atoms with Crippen molar-refractivity contribution in [2.45, 2.75) is 11.8 Å². The molecule has 7 nitrogen and oxygen atoms in total. The molecule has 3 heterocycles. The van der Waals surface area contributed by atoms with Gasteiger partial charge in [-0.15, -0.1) is 11.3 Å². The number of nitrogens with zero attached hydrogens (tertiary/aromatic N) is 4. The summed E-state index contributed by atoms with van der Waals surface area (Å²) in [5, 5.41) is 1.24. The summed E-state index contributed by atoms with van der Waals surface area (Å²) in [6, 6.07) is 15.4. The Morgan fingerprint density at radius 1 is 1.06 bits per heavy atom. The van der Waals surface area contributed by atoms with Crippen LogP contribution in [0.5, 0.6) is 5.75 Å². The molecule has 10 heteroatoms. The molecule has 0 atom stereocenters. The minimum absolute atomic E-state index is 0.150. The Bertz CT molecular complexity index is 1510. The summed E-state index contributed by atoms with van der Waals surface area (Å²) >= 11 is 8.53. The van der Waals surface area contributed by atoms with Crippen molar-refractivity contribution in [3.05, 3.63) is 68.1 Å². The molecule has 0 spiro atoms. The van der Waals surface area contributed by atoms with Gasteiger partial charge < -0.3 is 14.2 Å². The Balaban J connectivity index is 1.76. The second kappa shape index (κ2) is 8.61. The van der Waals surface area contributed by atoms with Crippen molar-refractivity contribution < 1.29 is 9.53 Å². The standard InChI is InChI=1S/C24H22N4O3S3/c1-5-27-20(29)18(28(24(27)32)14-9-7-6-8-10-14)22-26(3)21(30)19(34-22)23-25(2)16-13-15(31-4)11-12-17(16)33-23/h6-13H,5H2,1-4H3. The summed E-state index contributed by atoms with van der Waals surface area (Å²) in [5.41, 5.74) is 2.02. The average molecular weight is 511 g/mol. The summed E-state index contributed by atoms with van der Waals surface area (Å²) in [4.78, 5) is 33.3. The molecule has 2 aliphatic rings. The van der Waals surface area contributed by atoms with Gasteiger partial charge in [-0.25, -0.2) is 0 Å². The molecule has 0 N–H and O–H groups in total. The number of carbonyl (C=O) groups excluding carboxylic acids is 1. The predicted octanol–water partition coefficient (Wildman–Crippen LogP) is 2.53. The summed E-state index contributed by atoms with van der Waals surface area (Å²) in [6.45, 7) is 2.34. The smallest absolute Gasteiger partial charge is 0.280 e. The lowest BCUT2D eigenvalue weighted by molar-refractivity contribution is -0.120. The molecular formula is C24H22N4O3S3. The molecule has 2 aromatic carbocycles. The molecule has 5 rings (SSSR count). The number of hydrogen-bond donors (Lipinski definition) is 0. The maximum atomic E-state index is 13.5. The fourth-order valence-corrected chi connectivity index (χ4v) is 6.91. The number of methoxy groups -OCH3 is 1. The quantitative estimate of drug-likeness (QED) is 0.502. The fraction of sp³-hybridized carbons (Fsp3) is 0.208. The third kappa shape index (κ3) is 3.36. The van der Waals surface area contributed by atoms with Crippen LogP contribution < -0.4 is 29.3 Å². The topological polar surface area (TPSA) is 58.0 Å². The lowest BCUT2D eigenvalue weighted by atomic mass is 10.3. The largest absolute Gasteiger partial charge is 0.497 e. The first-order chi connectivity index (χ1) is 16.4. The predicted molar refractivity (Wildman–Crippen MR) is 142 cm³/mol. The highest BCUT2D eigenvalue weighted by molar-refractivity contribution is 8.08. The number of hydrogen-bond acceptors (Lipinski definition) is 7. The molecule has 0 unspecified atom stereocenters. The number of likely N-dealkylation sites (N-methyl/N-ethyl adjacent to an activating group) is 1. The van der Waals surface area contributed by atoms with Gasteiger partial charge in [-0.1, -0.05) is 30.0 Å². The van der Waals surface area contributed by atoms with Crippen molar-refractivity contribution in [2.75, 3.05) is 30.5 Å². The van der Waals surface area contributed by atoms with Crippen molar-refractivity contribution in [1.29, 1.82) is 0 Å². The molecule has 174 valence electrons. The van der Waals surface area contributed by atoms with Crippen molar-refractivity contribution in [1.82, 2.24) is 9.47 Å².